The van der Waals surface area contributed by atoms with E-state index in [0.717, 1.165) is 30.1 Å². The summed E-state index contributed by atoms with van der Waals surface area (Å²) >= 11 is 0. The van der Waals surface area contributed by atoms with Crippen LogP contribution in [-0.2, 0) is 29.5 Å². The maximum atomic E-state index is 12.7. The molecular weight excluding hydrogens is 404 g/mol. The predicted molar refractivity (Wildman–Crippen MR) is 114 cm³/mol. The van der Waals surface area contributed by atoms with Gasteiger partial charge in [0.05, 0.1) is 18.6 Å². The van der Waals surface area contributed by atoms with Gasteiger partial charge in [-0.1, -0.05) is 12.1 Å². The molecule has 1 aromatic carbocycles. The first kappa shape index (κ1) is 21.0. The van der Waals surface area contributed by atoms with Crippen molar-refractivity contribution in [3.63, 3.8) is 0 Å². The van der Waals surface area contributed by atoms with Crippen molar-refractivity contribution in [3.8, 4) is 5.75 Å². The largest absolute Gasteiger partial charge is 0.497 e. The van der Waals surface area contributed by atoms with E-state index in [1.54, 1.807) is 14.0 Å². The zero-order chi connectivity index (χ0) is 21.3. The molecule has 3 heterocycles. The lowest BCUT2D eigenvalue weighted by Gasteiger charge is -2.28. The highest BCUT2D eigenvalue weighted by Gasteiger charge is 2.33. The summed E-state index contributed by atoms with van der Waals surface area (Å²) in [4.78, 5) is 22.6. The third kappa shape index (κ3) is 4.28. The van der Waals surface area contributed by atoms with Crippen LogP contribution in [0.5, 0.6) is 5.75 Å². The summed E-state index contributed by atoms with van der Waals surface area (Å²) in [6.45, 7) is 4.70. The van der Waals surface area contributed by atoms with Crippen LogP contribution in [0.1, 0.15) is 41.9 Å². The van der Waals surface area contributed by atoms with E-state index in [0.29, 0.717) is 38.3 Å². The standard InChI is InChI=1S/C21H28N4O4S/c1-3-30(27,28)25-11-8-16(13-25)20-22-19-14-24(10-9-18(19)21(26)23-20)12-15-4-6-17(29-2)7-5-15/h4-7,16H,3,8-14H2,1-2H3,(H,22,23,26). The molecular formula is C21H28N4O4S. The Hall–Kier alpha value is -2.23. The second kappa shape index (κ2) is 8.49. The molecule has 1 saturated heterocycles. The van der Waals surface area contributed by atoms with Crippen LogP contribution >= 0.6 is 0 Å². The molecule has 1 N–H and O–H groups in total. The average Bonchev–Trinajstić information content (AvgIpc) is 3.25. The van der Waals surface area contributed by atoms with Gasteiger partial charge in [-0.15, -0.1) is 0 Å². The van der Waals surface area contributed by atoms with Crippen LogP contribution < -0.4 is 10.3 Å². The lowest BCUT2D eigenvalue weighted by Crippen LogP contribution is -2.36. The van der Waals surface area contributed by atoms with Gasteiger partial charge in [0.1, 0.15) is 11.6 Å². The van der Waals surface area contributed by atoms with Crippen molar-refractivity contribution in [1.82, 2.24) is 19.2 Å². The fourth-order valence-corrected chi connectivity index (χ4v) is 5.37. The summed E-state index contributed by atoms with van der Waals surface area (Å²) in [5, 5.41) is 0. The summed E-state index contributed by atoms with van der Waals surface area (Å²) < 4.78 is 31.0. The number of methoxy groups -OCH3 is 1. The molecule has 0 saturated carbocycles. The number of H-pyrrole nitrogens is 1. The summed E-state index contributed by atoms with van der Waals surface area (Å²) in [7, 11) is -1.57. The average molecular weight is 433 g/mol. The Morgan fingerprint density at radius 2 is 2.00 bits per heavy atom. The molecule has 2 aromatic rings. The molecule has 0 radical (unpaired) electrons. The molecule has 4 rings (SSSR count). The maximum Gasteiger partial charge on any atom is 0.254 e. The number of sulfonamides is 1. The minimum Gasteiger partial charge on any atom is -0.497 e. The Labute approximate surface area is 176 Å². The molecule has 2 aliphatic rings. The maximum absolute atomic E-state index is 12.7. The van der Waals surface area contributed by atoms with E-state index < -0.39 is 10.0 Å². The van der Waals surface area contributed by atoms with Gasteiger partial charge in [0, 0.05) is 44.2 Å². The summed E-state index contributed by atoms with van der Waals surface area (Å²) in [5.41, 5.74) is 2.66. The van der Waals surface area contributed by atoms with Crippen LogP contribution in [0, 0.1) is 0 Å². The normalized spacial score (nSPS) is 20.3. The number of hydrogen-bond acceptors (Lipinski definition) is 6. The highest BCUT2D eigenvalue weighted by atomic mass is 32.2. The van der Waals surface area contributed by atoms with Crippen molar-refractivity contribution >= 4 is 10.0 Å². The van der Waals surface area contributed by atoms with Gasteiger partial charge in [-0.05, 0) is 37.5 Å². The third-order valence-electron chi connectivity index (χ3n) is 6.03. The fourth-order valence-electron chi connectivity index (χ4n) is 4.22. The van der Waals surface area contributed by atoms with Gasteiger partial charge >= 0.3 is 0 Å². The molecule has 1 fully saturated rings. The third-order valence-corrected chi connectivity index (χ3v) is 7.88. The van der Waals surface area contributed by atoms with Crippen molar-refractivity contribution in [2.75, 3.05) is 32.5 Å². The highest BCUT2D eigenvalue weighted by Crippen LogP contribution is 2.27. The van der Waals surface area contributed by atoms with Gasteiger partial charge in [-0.3, -0.25) is 9.69 Å². The lowest BCUT2D eigenvalue weighted by atomic mass is 10.0. The molecule has 2 aliphatic heterocycles. The Bertz CT molecular complexity index is 1070. The van der Waals surface area contributed by atoms with E-state index in [9.17, 15) is 13.2 Å². The van der Waals surface area contributed by atoms with Gasteiger partial charge < -0.3 is 9.72 Å². The van der Waals surface area contributed by atoms with Crippen molar-refractivity contribution in [3.05, 3.63) is 57.3 Å². The van der Waals surface area contributed by atoms with Crippen LogP contribution in [0.4, 0.5) is 0 Å². The number of nitrogens with one attached hydrogen (secondary N) is 1. The van der Waals surface area contributed by atoms with Crippen LogP contribution in [0.25, 0.3) is 0 Å². The first-order valence-corrected chi connectivity index (χ1v) is 12.0. The molecule has 162 valence electrons. The first-order chi connectivity index (χ1) is 14.4. The molecule has 0 amide bonds. The van der Waals surface area contributed by atoms with Gasteiger partial charge in [0.15, 0.2) is 0 Å². The minimum absolute atomic E-state index is 0.0683. The Morgan fingerprint density at radius 1 is 1.23 bits per heavy atom. The summed E-state index contributed by atoms with van der Waals surface area (Å²) in [6.07, 6.45) is 1.34. The van der Waals surface area contributed by atoms with Crippen LogP contribution in [0.3, 0.4) is 0 Å². The number of aromatic amines is 1. The van der Waals surface area contributed by atoms with E-state index in [2.05, 4.69) is 9.88 Å². The Balaban J connectivity index is 1.50. The van der Waals surface area contributed by atoms with Crippen LogP contribution in [0.2, 0.25) is 0 Å². The van der Waals surface area contributed by atoms with E-state index >= 15 is 0 Å². The number of hydrogen-bond donors (Lipinski definition) is 1. The van der Waals surface area contributed by atoms with Crippen LogP contribution in [-0.4, -0.2) is 60.1 Å². The lowest BCUT2D eigenvalue weighted by molar-refractivity contribution is 0.239. The zero-order valence-electron chi connectivity index (χ0n) is 17.4. The molecule has 30 heavy (non-hydrogen) atoms. The quantitative estimate of drug-likeness (QED) is 0.743. The second-order valence-electron chi connectivity index (χ2n) is 7.93. The number of ether oxygens (including phenoxy) is 1. The van der Waals surface area contributed by atoms with Crippen molar-refractivity contribution < 1.29 is 13.2 Å². The predicted octanol–water partition coefficient (Wildman–Crippen LogP) is 1.48. The monoisotopic (exact) mass is 432 g/mol. The molecule has 1 unspecified atom stereocenters. The summed E-state index contributed by atoms with van der Waals surface area (Å²) in [6, 6.07) is 7.99. The van der Waals surface area contributed by atoms with Crippen molar-refractivity contribution in [1.29, 1.82) is 0 Å². The van der Waals surface area contributed by atoms with Crippen molar-refractivity contribution in [2.45, 2.75) is 38.8 Å². The minimum atomic E-state index is -3.22. The van der Waals surface area contributed by atoms with Gasteiger partial charge in [-0.25, -0.2) is 17.7 Å². The molecule has 0 aliphatic carbocycles. The topological polar surface area (TPSA) is 95.6 Å². The number of rotatable bonds is 6. The van der Waals surface area contributed by atoms with E-state index in [-0.39, 0.29) is 17.2 Å². The Kier molecular flexibility index (Phi) is 5.95. The molecule has 0 bridgehead atoms. The number of fused-ring (bicyclic) bond motifs is 1. The molecule has 1 aromatic heterocycles. The van der Waals surface area contributed by atoms with Gasteiger partial charge in [0.25, 0.3) is 5.56 Å². The summed E-state index contributed by atoms with van der Waals surface area (Å²) in [5.74, 6) is 1.46. The van der Waals surface area contributed by atoms with Gasteiger partial charge in [0.2, 0.25) is 10.0 Å². The van der Waals surface area contributed by atoms with E-state index in [1.165, 1.54) is 9.87 Å². The Morgan fingerprint density at radius 3 is 2.70 bits per heavy atom. The number of nitrogens with zero attached hydrogens (tertiary/aromatic N) is 3. The molecule has 9 heteroatoms. The van der Waals surface area contributed by atoms with Crippen LogP contribution in [0.15, 0.2) is 29.1 Å². The van der Waals surface area contributed by atoms with Crippen molar-refractivity contribution in [2.24, 2.45) is 0 Å². The van der Waals surface area contributed by atoms with E-state index in [4.69, 9.17) is 9.72 Å². The second-order valence-corrected chi connectivity index (χ2v) is 10.2. The first-order valence-electron chi connectivity index (χ1n) is 10.3. The molecule has 1 atom stereocenters. The molecule has 8 nitrogen and oxygen atoms in total. The SMILES string of the molecule is CCS(=O)(=O)N1CCC(c2nc3c(c(=O)[nH]2)CCN(Cc2ccc(OC)cc2)C3)C1. The highest BCUT2D eigenvalue weighted by molar-refractivity contribution is 7.89. The van der Waals surface area contributed by atoms with E-state index in [1.807, 2.05) is 24.3 Å². The zero-order valence-corrected chi connectivity index (χ0v) is 18.2. The van der Waals surface area contributed by atoms with Gasteiger partial charge in [-0.2, -0.15) is 0 Å². The number of aromatic nitrogens is 2. The fraction of sp³-hybridized carbons (Fsp3) is 0.524. The number of benzene rings is 1. The molecule has 0 spiro atoms. The smallest absolute Gasteiger partial charge is 0.254 e.